The summed E-state index contributed by atoms with van der Waals surface area (Å²) in [5.41, 5.74) is -0.426. The van der Waals surface area contributed by atoms with Crippen LogP contribution in [0.3, 0.4) is 0 Å². The average molecular weight is 248 g/mol. The van der Waals surface area contributed by atoms with E-state index in [0.29, 0.717) is 24.4 Å². The molecule has 3 heterocycles. The highest BCUT2D eigenvalue weighted by Crippen LogP contribution is 2.28. The van der Waals surface area contributed by atoms with Crippen molar-refractivity contribution in [1.29, 1.82) is 0 Å². The van der Waals surface area contributed by atoms with E-state index in [9.17, 15) is 9.90 Å². The Kier molecular flexibility index (Phi) is 2.45. The van der Waals surface area contributed by atoms with Gasteiger partial charge in [0.2, 0.25) is 0 Å². The van der Waals surface area contributed by atoms with Gasteiger partial charge in [0.25, 0.3) is 0 Å². The molecule has 0 amide bonds. The highest BCUT2D eigenvalue weighted by atomic mass is 16.5. The van der Waals surface area contributed by atoms with Gasteiger partial charge in [-0.15, -0.1) is 0 Å². The van der Waals surface area contributed by atoms with Crippen molar-refractivity contribution >= 4 is 22.8 Å². The summed E-state index contributed by atoms with van der Waals surface area (Å²) in [5.74, 6) is -0.420. The molecule has 1 atom stereocenters. The van der Waals surface area contributed by atoms with Gasteiger partial charge in [-0.3, -0.25) is 0 Å². The third-order valence-electron chi connectivity index (χ3n) is 3.17. The van der Waals surface area contributed by atoms with Crippen LogP contribution in [0.5, 0.6) is 0 Å². The smallest absolute Gasteiger partial charge is 0.331 e. The van der Waals surface area contributed by atoms with E-state index in [0.717, 1.165) is 5.39 Å². The minimum absolute atomic E-state index is 0.137. The first-order chi connectivity index (χ1) is 8.71. The number of fused-ring (bicyclic) bond motifs is 1. The Morgan fingerprint density at radius 3 is 3.11 bits per heavy atom. The molecule has 1 fully saturated rings. The summed E-state index contributed by atoms with van der Waals surface area (Å²) in [6, 6.07) is 3.50. The Labute approximate surface area is 103 Å². The lowest BCUT2D eigenvalue weighted by molar-refractivity contribution is -0.142. The molecule has 94 valence electrons. The molecule has 0 spiro atoms. The van der Waals surface area contributed by atoms with Crippen molar-refractivity contribution in [3.63, 3.8) is 0 Å². The van der Waals surface area contributed by atoms with E-state index >= 15 is 0 Å². The Balaban J connectivity index is 2.00. The number of nitrogens with one attached hydrogen (secondary N) is 1. The van der Waals surface area contributed by atoms with E-state index in [2.05, 4.69) is 10.3 Å². The lowest BCUT2D eigenvalue weighted by Gasteiger charge is -2.24. The van der Waals surface area contributed by atoms with Crippen molar-refractivity contribution < 1.29 is 19.1 Å². The van der Waals surface area contributed by atoms with Crippen molar-refractivity contribution in [2.24, 2.45) is 0 Å². The topological polar surface area (TPSA) is 84.6 Å². The van der Waals surface area contributed by atoms with Gasteiger partial charge in [0.05, 0.1) is 18.3 Å². The third kappa shape index (κ3) is 1.62. The summed E-state index contributed by atoms with van der Waals surface area (Å²) < 4.78 is 10.5. The number of pyridine rings is 1. The molecular formula is C12H12N2O4. The summed E-state index contributed by atoms with van der Waals surface area (Å²) in [5, 5.41) is 13.1. The first-order valence-electron chi connectivity index (χ1n) is 5.63. The molecule has 0 radical (unpaired) electrons. The van der Waals surface area contributed by atoms with Gasteiger partial charge in [-0.1, -0.05) is 0 Å². The summed E-state index contributed by atoms with van der Waals surface area (Å²) in [7, 11) is 0. The SMILES string of the molecule is O=C(O)C1(Nc2nccc3occc23)CCOC1. The van der Waals surface area contributed by atoms with Crippen molar-refractivity contribution in [2.45, 2.75) is 12.0 Å². The molecule has 6 heteroatoms. The van der Waals surface area contributed by atoms with Crippen LogP contribution in [-0.2, 0) is 9.53 Å². The summed E-state index contributed by atoms with van der Waals surface area (Å²) in [6.07, 6.45) is 3.55. The molecule has 0 bridgehead atoms. The van der Waals surface area contributed by atoms with Crippen molar-refractivity contribution in [3.8, 4) is 0 Å². The lowest BCUT2D eigenvalue weighted by atomic mass is 9.99. The number of hydrogen-bond acceptors (Lipinski definition) is 5. The number of hydrogen-bond donors (Lipinski definition) is 2. The Morgan fingerprint density at radius 1 is 1.50 bits per heavy atom. The number of aliphatic carboxylic acids is 1. The number of anilines is 1. The van der Waals surface area contributed by atoms with Crippen LogP contribution >= 0.6 is 0 Å². The van der Waals surface area contributed by atoms with E-state index in [1.807, 2.05) is 0 Å². The quantitative estimate of drug-likeness (QED) is 0.855. The van der Waals surface area contributed by atoms with Gasteiger partial charge in [0.15, 0.2) is 5.54 Å². The predicted octanol–water partition coefficient (Wildman–Crippen LogP) is 1.48. The van der Waals surface area contributed by atoms with Crippen LogP contribution in [0, 0.1) is 0 Å². The molecule has 0 aromatic carbocycles. The second-order valence-corrected chi connectivity index (χ2v) is 4.31. The highest BCUT2D eigenvalue weighted by Gasteiger charge is 2.43. The van der Waals surface area contributed by atoms with E-state index in [1.54, 1.807) is 24.6 Å². The largest absolute Gasteiger partial charge is 0.479 e. The van der Waals surface area contributed by atoms with E-state index in [4.69, 9.17) is 9.15 Å². The molecule has 2 aromatic rings. The van der Waals surface area contributed by atoms with E-state index < -0.39 is 11.5 Å². The fraction of sp³-hybridized carbons (Fsp3) is 0.333. The van der Waals surface area contributed by atoms with E-state index in [-0.39, 0.29) is 6.61 Å². The zero-order valence-electron chi connectivity index (χ0n) is 9.55. The average Bonchev–Trinajstić information content (AvgIpc) is 2.98. The zero-order chi connectivity index (χ0) is 12.6. The fourth-order valence-corrected chi connectivity index (χ4v) is 2.11. The van der Waals surface area contributed by atoms with Crippen molar-refractivity contribution in [3.05, 3.63) is 24.6 Å². The summed E-state index contributed by atoms with van der Waals surface area (Å²) in [6.45, 7) is 0.568. The van der Waals surface area contributed by atoms with Crippen molar-refractivity contribution in [1.82, 2.24) is 4.98 Å². The van der Waals surface area contributed by atoms with Crippen LogP contribution in [0.4, 0.5) is 5.82 Å². The Hall–Kier alpha value is -2.08. The van der Waals surface area contributed by atoms with Gasteiger partial charge in [0.1, 0.15) is 11.4 Å². The highest BCUT2D eigenvalue weighted by molar-refractivity contribution is 5.91. The second kappa shape index (κ2) is 3.99. The van der Waals surface area contributed by atoms with Crippen LogP contribution in [-0.4, -0.2) is 34.8 Å². The summed E-state index contributed by atoms with van der Waals surface area (Å²) >= 11 is 0. The number of rotatable bonds is 3. The summed E-state index contributed by atoms with van der Waals surface area (Å²) in [4.78, 5) is 15.6. The molecule has 1 saturated heterocycles. The van der Waals surface area contributed by atoms with Crippen LogP contribution in [0.15, 0.2) is 29.0 Å². The van der Waals surface area contributed by atoms with Gasteiger partial charge in [-0.2, -0.15) is 0 Å². The molecule has 1 aliphatic heterocycles. The number of furan rings is 1. The number of carbonyl (C=O) groups is 1. The van der Waals surface area contributed by atoms with E-state index in [1.165, 1.54) is 0 Å². The maximum atomic E-state index is 11.4. The lowest BCUT2D eigenvalue weighted by Crippen LogP contribution is -2.47. The van der Waals surface area contributed by atoms with Crippen LogP contribution in [0.1, 0.15) is 6.42 Å². The molecule has 2 N–H and O–H groups in total. The third-order valence-corrected chi connectivity index (χ3v) is 3.17. The standard InChI is InChI=1S/C12H12N2O4/c15-11(16)12(3-6-17-7-12)14-10-8-2-5-18-9(8)1-4-13-10/h1-2,4-5H,3,6-7H2,(H,13,14)(H,15,16). The van der Waals surface area contributed by atoms with Gasteiger partial charge in [-0.05, 0) is 12.1 Å². The van der Waals surface area contributed by atoms with Gasteiger partial charge in [0, 0.05) is 19.2 Å². The second-order valence-electron chi connectivity index (χ2n) is 4.31. The molecule has 1 unspecified atom stereocenters. The van der Waals surface area contributed by atoms with Gasteiger partial charge in [-0.25, -0.2) is 9.78 Å². The molecule has 18 heavy (non-hydrogen) atoms. The van der Waals surface area contributed by atoms with Crippen molar-refractivity contribution in [2.75, 3.05) is 18.5 Å². The fourth-order valence-electron chi connectivity index (χ4n) is 2.11. The molecule has 1 aliphatic rings. The minimum atomic E-state index is -1.10. The Morgan fingerprint density at radius 2 is 2.39 bits per heavy atom. The number of carboxylic acids is 1. The first-order valence-corrected chi connectivity index (χ1v) is 5.63. The molecule has 6 nitrogen and oxygen atoms in total. The van der Waals surface area contributed by atoms with Gasteiger partial charge < -0.3 is 19.6 Å². The number of nitrogens with zero attached hydrogens (tertiary/aromatic N) is 1. The molecular weight excluding hydrogens is 236 g/mol. The number of ether oxygens (including phenoxy) is 1. The minimum Gasteiger partial charge on any atom is -0.479 e. The predicted molar refractivity (Wildman–Crippen MR) is 63.4 cm³/mol. The number of carboxylic acid groups (broad SMARTS) is 1. The molecule has 0 saturated carbocycles. The molecule has 3 rings (SSSR count). The monoisotopic (exact) mass is 248 g/mol. The Bertz CT molecular complexity index is 587. The number of aromatic nitrogens is 1. The van der Waals surface area contributed by atoms with Crippen LogP contribution in [0.2, 0.25) is 0 Å². The van der Waals surface area contributed by atoms with Crippen LogP contribution in [0.25, 0.3) is 11.0 Å². The maximum Gasteiger partial charge on any atom is 0.331 e. The zero-order valence-corrected chi connectivity index (χ0v) is 9.55. The van der Waals surface area contributed by atoms with Gasteiger partial charge >= 0.3 is 5.97 Å². The maximum absolute atomic E-state index is 11.4. The van der Waals surface area contributed by atoms with Crippen LogP contribution < -0.4 is 5.32 Å². The molecule has 0 aliphatic carbocycles. The normalized spacial score (nSPS) is 23.3. The molecule has 2 aromatic heterocycles. The first kappa shape index (κ1) is 11.0.